The van der Waals surface area contributed by atoms with Gasteiger partial charge in [0.15, 0.2) is 0 Å². The maximum atomic E-state index is 5.90. The molecule has 2 aromatic carbocycles. The molecule has 3 aromatic rings. The summed E-state index contributed by atoms with van der Waals surface area (Å²) in [6.07, 6.45) is 4.87. The summed E-state index contributed by atoms with van der Waals surface area (Å²) in [4.78, 5) is 0. The molecule has 0 fully saturated rings. The number of aromatic nitrogens is 2. The Morgan fingerprint density at radius 3 is 2.64 bits per heavy atom. The monoisotopic (exact) mass is 333 g/mol. The highest BCUT2D eigenvalue weighted by Crippen LogP contribution is 2.30. The smallest absolute Gasteiger partial charge is 0.247 e. The molecule has 1 aliphatic carbocycles. The Kier molecular flexibility index (Phi) is 4.26. The fourth-order valence-electron chi connectivity index (χ4n) is 3.43. The number of nitrogens with zero attached hydrogens (tertiary/aromatic N) is 2. The molecule has 1 aliphatic rings. The maximum Gasteiger partial charge on any atom is 0.247 e. The van der Waals surface area contributed by atoms with Gasteiger partial charge in [0.05, 0.1) is 0 Å². The highest BCUT2D eigenvalue weighted by molar-refractivity contribution is 5.57. The van der Waals surface area contributed by atoms with Crippen molar-refractivity contribution in [1.82, 2.24) is 10.2 Å². The number of hydrogen-bond donors (Lipinski definition) is 1. The molecule has 0 bridgehead atoms. The van der Waals surface area contributed by atoms with E-state index in [9.17, 15) is 0 Å². The quantitative estimate of drug-likeness (QED) is 0.722. The van der Waals surface area contributed by atoms with Crippen LogP contribution >= 0.6 is 0 Å². The molecule has 1 N–H and O–H groups in total. The zero-order valence-corrected chi connectivity index (χ0v) is 14.7. The minimum absolute atomic E-state index is 0.0277. The Labute approximate surface area is 148 Å². The third-order valence-electron chi connectivity index (χ3n) is 4.88. The lowest BCUT2D eigenvalue weighted by molar-refractivity contribution is 0.484. The van der Waals surface area contributed by atoms with Gasteiger partial charge in [-0.25, -0.2) is 0 Å². The molecule has 1 heterocycles. The van der Waals surface area contributed by atoms with Crippen molar-refractivity contribution < 1.29 is 4.42 Å². The summed E-state index contributed by atoms with van der Waals surface area (Å²) in [6, 6.07) is 14.6. The Bertz CT molecular complexity index is 867. The molecule has 0 spiro atoms. The Morgan fingerprint density at radius 1 is 1.00 bits per heavy atom. The van der Waals surface area contributed by atoms with Gasteiger partial charge in [-0.15, -0.1) is 10.2 Å². The lowest BCUT2D eigenvalue weighted by Crippen LogP contribution is -2.12. The van der Waals surface area contributed by atoms with Crippen LogP contribution in [0.2, 0.25) is 0 Å². The number of benzene rings is 2. The van der Waals surface area contributed by atoms with E-state index >= 15 is 0 Å². The molecule has 0 saturated heterocycles. The Balaban J connectivity index is 1.54. The summed E-state index contributed by atoms with van der Waals surface area (Å²) >= 11 is 0. The summed E-state index contributed by atoms with van der Waals surface area (Å²) < 4.78 is 5.90. The standard InChI is InChI=1S/C21H23N3O/c1-14-10-12-17(13-11-14)21-24-23-20(25-21)15(2)22-19-9-5-7-16-6-3-4-8-18(16)19/h5,7,9-13,15,22H,3-4,6,8H2,1-2H3. The van der Waals surface area contributed by atoms with Crippen molar-refractivity contribution in [2.24, 2.45) is 0 Å². The van der Waals surface area contributed by atoms with Crippen LogP contribution in [0.4, 0.5) is 5.69 Å². The molecule has 0 aliphatic heterocycles. The molecule has 0 amide bonds. The lowest BCUT2D eigenvalue weighted by atomic mass is 9.90. The number of fused-ring (bicyclic) bond motifs is 1. The van der Waals surface area contributed by atoms with E-state index in [1.165, 1.54) is 41.6 Å². The lowest BCUT2D eigenvalue weighted by Gasteiger charge is -2.21. The van der Waals surface area contributed by atoms with E-state index in [1.807, 2.05) is 12.1 Å². The van der Waals surface area contributed by atoms with Crippen molar-refractivity contribution in [2.45, 2.75) is 45.6 Å². The first kappa shape index (κ1) is 15.9. The van der Waals surface area contributed by atoms with Crippen molar-refractivity contribution >= 4 is 5.69 Å². The largest absolute Gasteiger partial charge is 0.418 e. The normalized spacial score (nSPS) is 14.8. The first-order valence-electron chi connectivity index (χ1n) is 8.98. The third-order valence-corrected chi connectivity index (χ3v) is 4.88. The van der Waals surface area contributed by atoms with Gasteiger partial charge < -0.3 is 9.73 Å². The van der Waals surface area contributed by atoms with Gasteiger partial charge in [-0.3, -0.25) is 0 Å². The zero-order valence-electron chi connectivity index (χ0n) is 14.7. The summed E-state index contributed by atoms with van der Waals surface area (Å²) in [5.41, 5.74) is 6.27. The van der Waals surface area contributed by atoms with Crippen LogP contribution in [0.1, 0.15) is 48.4 Å². The Morgan fingerprint density at radius 2 is 1.80 bits per heavy atom. The molecule has 1 aromatic heterocycles. The Hall–Kier alpha value is -2.62. The second-order valence-electron chi connectivity index (χ2n) is 6.83. The van der Waals surface area contributed by atoms with E-state index < -0.39 is 0 Å². The molecule has 128 valence electrons. The fourth-order valence-corrected chi connectivity index (χ4v) is 3.43. The van der Waals surface area contributed by atoms with Crippen LogP contribution in [0, 0.1) is 6.92 Å². The zero-order chi connectivity index (χ0) is 17.2. The van der Waals surface area contributed by atoms with Gasteiger partial charge in [0, 0.05) is 11.3 Å². The average molecular weight is 333 g/mol. The molecular weight excluding hydrogens is 310 g/mol. The predicted octanol–water partition coefficient (Wildman–Crippen LogP) is 5.10. The molecule has 1 atom stereocenters. The molecule has 0 radical (unpaired) electrons. The minimum atomic E-state index is -0.0277. The topological polar surface area (TPSA) is 51.0 Å². The highest BCUT2D eigenvalue weighted by atomic mass is 16.4. The van der Waals surface area contributed by atoms with Crippen LogP contribution < -0.4 is 5.32 Å². The molecule has 0 saturated carbocycles. The SMILES string of the molecule is Cc1ccc(-c2nnc(C(C)Nc3cccc4c3CCCC4)o2)cc1. The van der Waals surface area contributed by atoms with Gasteiger partial charge >= 0.3 is 0 Å². The van der Waals surface area contributed by atoms with Crippen molar-refractivity contribution in [1.29, 1.82) is 0 Å². The van der Waals surface area contributed by atoms with Crippen LogP contribution in [0.3, 0.4) is 0 Å². The van der Waals surface area contributed by atoms with E-state index in [1.54, 1.807) is 0 Å². The van der Waals surface area contributed by atoms with E-state index in [0.29, 0.717) is 11.8 Å². The summed E-state index contributed by atoms with van der Waals surface area (Å²) in [6.45, 7) is 4.13. The summed E-state index contributed by atoms with van der Waals surface area (Å²) in [7, 11) is 0. The number of rotatable bonds is 4. The van der Waals surface area contributed by atoms with Gasteiger partial charge in [-0.05, 0) is 68.9 Å². The van der Waals surface area contributed by atoms with E-state index in [0.717, 1.165) is 12.0 Å². The first-order valence-corrected chi connectivity index (χ1v) is 8.98. The molecule has 4 rings (SSSR count). The number of aryl methyl sites for hydroxylation is 2. The molecule has 4 nitrogen and oxygen atoms in total. The number of nitrogens with one attached hydrogen (secondary N) is 1. The highest BCUT2D eigenvalue weighted by Gasteiger charge is 2.18. The number of anilines is 1. The van der Waals surface area contributed by atoms with Crippen molar-refractivity contribution in [3.63, 3.8) is 0 Å². The first-order chi connectivity index (χ1) is 12.2. The number of hydrogen-bond acceptors (Lipinski definition) is 4. The summed E-state index contributed by atoms with van der Waals surface area (Å²) in [5.74, 6) is 1.18. The summed E-state index contributed by atoms with van der Waals surface area (Å²) in [5, 5.41) is 12.0. The minimum Gasteiger partial charge on any atom is -0.418 e. The van der Waals surface area contributed by atoms with Crippen molar-refractivity contribution in [3.05, 3.63) is 65.0 Å². The second-order valence-corrected chi connectivity index (χ2v) is 6.83. The van der Waals surface area contributed by atoms with Gasteiger partial charge in [0.2, 0.25) is 11.8 Å². The van der Waals surface area contributed by atoms with Gasteiger partial charge in [0.1, 0.15) is 6.04 Å². The predicted molar refractivity (Wildman–Crippen MR) is 99.6 cm³/mol. The maximum absolute atomic E-state index is 5.90. The third kappa shape index (κ3) is 3.29. The van der Waals surface area contributed by atoms with Crippen molar-refractivity contribution in [3.8, 4) is 11.5 Å². The van der Waals surface area contributed by atoms with Crippen LogP contribution in [0.15, 0.2) is 46.9 Å². The van der Waals surface area contributed by atoms with Crippen LogP contribution in [-0.4, -0.2) is 10.2 Å². The molecule has 4 heteroatoms. The molecule has 1 unspecified atom stereocenters. The second kappa shape index (κ2) is 6.71. The van der Waals surface area contributed by atoms with E-state index in [2.05, 4.69) is 59.7 Å². The molecular formula is C21H23N3O. The van der Waals surface area contributed by atoms with Gasteiger partial charge in [0.25, 0.3) is 0 Å². The van der Waals surface area contributed by atoms with Crippen LogP contribution in [0.25, 0.3) is 11.5 Å². The molecule has 25 heavy (non-hydrogen) atoms. The van der Waals surface area contributed by atoms with Gasteiger partial charge in [-0.1, -0.05) is 29.8 Å². The van der Waals surface area contributed by atoms with Crippen LogP contribution in [-0.2, 0) is 12.8 Å². The van der Waals surface area contributed by atoms with E-state index in [-0.39, 0.29) is 6.04 Å². The van der Waals surface area contributed by atoms with E-state index in [4.69, 9.17) is 4.42 Å². The van der Waals surface area contributed by atoms with Crippen LogP contribution in [0.5, 0.6) is 0 Å². The average Bonchev–Trinajstić information content (AvgIpc) is 3.13. The van der Waals surface area contributed by atoms with Crippen molar-refractivity contribution in [2.75, 3.05) is 5.32 Å². The fraction of sp³-hybridized carbons (Fsp3) is 0.333. The van der Waals surface area contributed by atoms with Gasteiger partial charge in [-0.2, -0.15) is 0 Å².